The lowest BCUT2D eigenvalue weighted by Crippen LogP contribution is -2.53. The van der Waals surface area contributed by atoms with Gasteiger partial charge in [-0.3, -0.25) is 29.4 Å². The highest BCUT2D eigenvalue weighted by atomic mass is 16.6. The first kappa shape index (κ1) is 14.2. The Bertz CT molecular complexity index is 714. The average molecular weight is 303 g/mol. The number of likely N-dealkylation sites (N-methyl/N-ethyl adjacent to an activating group) is 1. The topological polar surface area (TPSA) is 101 Å². The van der Waals surface area contributed by atoms with Gasteiger partial charge < -0.3 is 4.90 Å². The van der Waals surface area contributed by atoms with E-state index in [2.05, 4.69) is 0 Å². The van der Waals surface area contributed by atoms with Gasteiger partial charge in [-0.25, -0.2) is 0 Å². The maximum atomic E-state index is 12.4. The predicted octanol–water partition coefficient (Wildman–Crippen LogP) is 0.698. The first-order chi connectivity index (χ1) is 10.4. The van der Waals surface area contributed by atoms with Crippen LogP contribution in [-0.4, -0.2) is 45.5 Å². The van der Waals surface area contributed by atoms with Crippen LogP contribution in [0, 0.1) is 10.1 Å². The number of hydrogen-bond donors (Lipinski definition) is 0. The predicted molar refractivity (Wildman–Crippen MR) is 73.8 cm³/mol. The number of piperidine rings is 1. The average Bonchev–Trinajstić information content (AvgIpc) is 2.81. The number of amides is 3. The van der Waals surface area contributed by atoms with E-state index in [4.69, 9.17) is 0 Å². The van der Waals surface area contributed by atoms with Gasteiger partial charge in [0.25, 0.3) is 17.5 Å². The van der Waals surface area contributed by atoms with E-state index in [1.54, 1.807) is 0 Å². The van der Waals surface area contributed by atoms with Crippen molar-refractivity contribution in [2.75, 3.05) is 7.05 Å². The lowest BCUT2D eigenvalue weighted by Gasteiger charge is -2.33. The van der Waals surface area contributed by atoms with Crippen LogP contribution in [0.5, 0.6) is 0 Å². The van der Waals surface area contributed by atoms with Crippen molar-refractivity contribution >= 4 is 23.4 Å². The molecule has 1 fully saturated rings. The first-order valence-electron chi connectivity index (χ1n) is 6.79. The van der Waals surface area contributed by atoms with Gasteiger partial charge in [-0.15, -0.1) is 0 Å². The summed E-state index contributed by atoms with van der Waals surface area (Å²) in [7, 11) is 1.40. The van der Waals surface area contributed by atoms with Crippen LogP contribution in [-0.2, 0) is 16.1 Å². The largest absolute Gasteiger partial charge is 0.322 e. The van der Waals surface area contributed by atoms with Crippen molar-refractivity contribution in [2.24, 2.45) is 0 Å². The fourth-order valence-electron chi connectivity index (χ4n) is 2.88. The van der Waals surface area contributed by atoms with Gasteiger partial charge in [-0.05, 0) is 18.1 Å². The molecule has 1 unspecified atom stereocenters. The maximum absolute atomic E-state index is 12.4. The number of fused-ring (bicyclic) bond motifs is 1. The van der Waals surface area contributed by atoms with E-state index < -0.39 is 16.9 Å². The molecule has 0 aliphatic carbocycles. The van der Waals surface area contributed by atoms with Crippen molar-refractivity contribution < 1.29 is 19.3 Å². The second kappa shape index (κ2) is 4.90. The molecule has 0 radical (unpaired) electrons. The molecule has 1 aromatic carbocycles. The lowest BCUT2D eigenvalue weighted by molar-refractivity contribution is -0.384. The van der Waals surface area contributed by atoms with E-state index in [1.165, 1.54) is 30.1 Å². The Morgan fingerprint density at radius 2 is 2.00 bits per heavy atom. The number of rotatable bonds is 2. The molecule has 8 nitrogen and oxygen atoms in total. The number of likely N-dealkylation sites (tertiary alicyclic amines) is 1. The van der Waals surface area contributed by atoms with Crippen LogP contribution in [0.4, 0.5) is 5.69 Å². The van der Waals surface area contributed by atoms with Gasteiger partial charge in [-0.1, -0.05) is 0 Å². The third kappa shape index (κ3) is 2.03. The molecular weight excluding hydrogens is 290 g/mol. The summed E-state index contributed by atoms with van der Waals surface area (Å²) in [5, 5.41) is 10.8. The summed E-state index contributed by atoms with van der Waals surface area (Å²) in [6.45, 7) is 0.147. The Labute approximate surface area is 125 Å². The molecule has 1 aromatic rings. The second-order valence-electron chi connectivity index (χ2n) is 5.38. The van der Waals surface area contributed by atoms with Crippen LogP contribution in [0.2, 0.25) is 0 Å². The fraction of sp³-hybridized carbons (Fsp3) is 0.357. The fourth-order valence-corrected chi connectivity index (χ4v) is 2.88. The van der Waals surface area contributed by atoms with E-state index in [0.29, 0.717) is 11.1 Å². The van der Waals surface area contributed by atoms with Gasteiger partial charge in [0.2, 0.25) is 5.91 Å². The molecule has 8 heteroatoms. The smallest absolute Gasteiger partial charge is 0.269 e. The standard InChI is InChI=1S/C14H13N3O5/c1-15-12(18)5-4-11(14(15)20)16-7-8-6-9(17(21)22)2-3-10(8)13(16)19/h2-3,6,11H,4-5,7H2,1H3. The summed E-state index contributed by atoms with van der Waals surface area (Å²) in [4.78, 5) is 48.8. The highest BCUT2D eigenvalue weighted by Crippen LogP contribution is 2.30. The summed E-state index contributed by atoms with van der Waals surface area (Å²) in [6.07, 6.45) is 0.483. The van der Waals surface area contributed by atoms with E-state index in [9.17, 15) is 24.5 Å². The van der Waals surface area contributed by atoms with E-state index in [0.717, 1.165) is 4.90 Å². The Hall–Kier alpha value is -2.77. The number of carbonyl (C=O) groups excluding carboxylic acids is 3. The van der Waals surface area contributed by atoms with Crippen molar-refractivity contribution in [3.05, 3.63) is 39.4 Å². The Kier molecular flexibility index (Phi) is 3.16. The van der Waals surface area contributed by atoms with E-state index in [-0.39, 0.29) is 36.9 Å². The summed E-state index contributed by atoms with van der Waals surface area (Å²) in [6, 6.07) is 3.35. The minimum Gasteiger partial charge on any atom is -0.322 e. The molecule has 0 saturated carbocycles. The first-order valence-corrected chi connectivity index (χ1v) is 6.79. The van der Waals surface area contributed by atoms with Crippen LogP contribution in [0.25, 0.3) is 0 Å². The van der Waals surface area contributed by atoms with Crippen molar-refractivity contribution in [2.45, 2.75) is 25.4 Å². The van der Waals surface area contributed by atoms with Crippen molar-refractivity contribution in [1.29, 1.82) is 0 Å². The summed E-state index contributed by atoms with van der Waals surface area (Å²) in [5.74, 6) is -1.00. The number of carbonyl (C=O) groups is 3. The number of nitrogens with zero attached hydrogens (tertiary/aromatic N) is 3. The van der Waals surface area contributed by atoms with Crippen LogP contribution in [0.1, 0.15) is 28.8 Å². The number of benzene rings is 1. The SMILES string of the molecule is CN1C(=O)CCC(N2Cc3cc([N+](=O)[O-])ccc3C2=O)C1=O. The molecule has 0 N–H and O–H groups in total. The van der Waals surface area contributed by atoms with Gasteiger partial charge in [0.15, 0.2) is 0 Å². The molecule has 22 heavy (non-hydrogen) atoms. The number of non-ortho nitro benzene ring substituents is 1. The zero-order valence-corrected chi connectivity index (χ0v) is 11.8. The molecule has 0 spiro atoms. The third-order valence-corrected chi connectivity index (χ3v) is 4.13. The van der Waals surface area contributed by atoms with Crippen LogP contribution < -0.4 is 0 Å². The molecule has 3 rings (SSSR count). The van der Waals surface area contributed by atoms with Crippen molar-refractivity contribution in [3.63, 3.8) is 0 Å². The minimum atomic E-state index is -0.693. The van der Waals surface area contributed by atoms with E-state index >= 15 is 0 Å². The van der Waals surface area contributed by atoms with Gasteiger partial charge in [-0.2, -0.15) is 0 Å². The second-order valence-corrected chi connectivity index (χ2v) is 5.38. The van der Waals surface area contributed by atoms with Crippen LogP contribution in [0.3, 0.4) is 0 Å². The molecule has 0 bridgehead atoms. The minimum absolute atomic E-state index is 0.0873. The zero-order valence-electron chi connectivity index (χ0n) is 11.8. The molecule has 114 valence electrons. The molecule has 1 saturated heterocycles. The summed E-state index contributed by atoms with van der Waals surface area (Å²) < 4.78 is 0. The van der Waals surface area contributed by atoms with Gasteiger partial charge in [0.05, 0.1) is 4.92 Å². The summed E-state index contributed by atoms with van der Waals surface area (Å²) >= 11 is 0. The van der Waals surface area contributed by atoms with Crippen LogP contribution >= 0.6 is 0 Å². The molecule has 2 aliphatic heterocycles. The number of nitro groups is 1. The van der Waals surface area contributed by atoms with Gasteiger partial charge in [0, 0.05) is 37.7 Å². The molecule has 2 heterocycles. The Morgan fingerprint density at radius 3 is 2.68 bits per heavy atom. The molecule has 1 atom stereocenters. The van der Waals surface area contributed by atoms with Gasteiger partial charge in [0.1, 0.15) is 6.04 Å². The Morgan fingerprint density at radius 1 is 1.27 bits per heavy atom. The Balaban J connectivity index is 1.89. The monoisotopic (exact) mass is 303 g/mol. The van der Waals surface area contributed by atoms with Crippen molar-refractivity contribution in [1.82, 2.24) is 9.80 Å². The number of hydrogen-bond acceptors (Lipinski definition) is 5. The van der Waals surface area contributed by atoms with Gasteiger partial charge >= 0.3 is 0 Å². The normalized spacial score (nSPS) is 21.3. The summed E-state index contributed by atoms with van der Waals surface area (Å²) in [5.41, 5.74) is 0.820. The molecule has 3 amide bonds. The van der Waals surface area contributed by atoms with Crippen molar-refractivity contribution in [3.8, 4) is 0 Å². The lowest BCUT2D eigenvalue weighted by atomic mass is 10.0. The van der Waals surface area contributed by atoms with E-state index in [1.807, 2.05) is 0 Å². The highest BCUT2D eigenvalue weighted by molar-refractivity contribution is 6.05. The zero-order chi connectivity index (χ0) is 16.0. The molecular formula is C14H13N3O5. The third-order valence-electron chi connectivity index (χ3n) is 4.13. The maximum Gasteiger partial charge on any atom is 0.269 e. The molecule has 0 aromatic heterocycles. The van der Waals surface area contributed by atoms with Crippen LogP contribution in [0.15, 0.2) is 18.2 Å². The number of nitro benzene ring substituents is 1. The molecule has 2 aliphatic rings. The quantitative estimate of drug-likeness (QED) is 0.454. The number of imide groups is 1. The highest BCUT2D eigenvalue weighted by Gasteiger charge is 2.41.